The van der Waals surface area contributed by atoms with Gasteiger partial charge in [0, 0.05) is 23.4 Å². The normalized spacial score (nSPS) is 10.0. The summed E-state index contributed by atoms with van der Waals surface area (Å²) in [5.41, 5.74) is 1.64. The molecule has 4 heteroatoms. The molecule has 2 nitrogen and oxygen atoms in total. The minimum Gasteiger partial charge on any atom is -0.381 e. The second kappa shape index (κ2) is 5.49. The van der Waals surface area contributed by atoms with Crippen molar-refractivity contribution >= 4 is 5.69 Å². The number of nitrogens with one attached hydrogen (secondary N) is 1. The molecule has 2 aromatic carbocycles. The minimum absolute atomic E-state index is 0.235. The lowest BCUT2D eigenvalue weighted by molar-refractivity contribution is 0.612. The van der Waals surface area contributed by atoms with Gasteiger partial charge in [-0.1, -0.05) is 18.2 Å². The van der Waals surface area contributed by atoms with Crippen molar-refractivity contribution in [1.82, 2.24) is 0 Å². The van der Waals surface area contributed by atoms with Gasteiger partial charge >= 0.3 is 0 Å². The van der Waals surface area contributed by atoms with E-state index in [-0.39, 0.29) is 17.9 Å². The Kier molecular flexibility index (Phi) is 3.76. The summed E-state index contributed by atoms with van der Waals surface area (Å²) in [6.45, 7) is 1.85. The third-order valence-corrected chi connectivity index (χ3v) is 2.90. The van der Waals surface area contributed by atoms with Crippen molar-refractivity contribution in [3.05, 3.63) is 64.7 Å². The van der Waals surface area contributed by atoms with Crippen LogP contribution in [0.4, 0.5) is 14.5 Å². The zero-order valence-electron chi connectivity index (χ0n) is 10.4. The summed E-state index contributed by atoms with van der Waals surface area (Å²) in [7, 11) is 0. The van der Waals surface area contributed by atoms with Crippen molar-refractivity contribution in [2.24, 2.45) is 0 Å². The first kappa shape index (κ1) is 13.0. The highest BCUT2D eigenvalue weighted by molar-refractivity contribution is 5.56. The predicted molar refractivity (Wildman–Crippen MR) is 69.6 cm³/mol. The van der Waals surface area contributed by atoms with Crippen LogP contribution in [0.3, 0.4) is 0 Å². The molecule has 0 bridgehead atoms. The monoisotopic (exact) mass is 258 g/mol. The van der Waals surface area contributed by atoms with Gasteiger partial charge in [-0.05, 0) is 25.1 Å². The summed E-state index contributed by atoms with van der Waals surface area (Å²) in [5, 5.41) is 11.8. The van der Waals surface area contributed by atoms with Crippen molar-refractivity contribution in [3.63, 3.8) is 0 Å². The summed E-state index contributed by atoms with van der Waals surface area (Å²) >= 11 is 0. The molecule has 0 fully saturated rings. The zero-order chi connectivity index (χ0) is 13.8. The van der Waals surface area contributed by atoms with Gasteiger partial charge in [0.05, 0.1) is 11.6 Å². The van der Waals surface area contributed by atoms with E-state index in [0.717, 1.165) is 0 Å². The molecule has 0 aromatic heterocycles. The van der Waals surface area contributed by atoms with Crippen molar-refractivity contribution in [2.75, 3.05) is 5.32 Å². The largest absolute Gasteiger partial charge is 0.381 e. The quantitative estimate of drug-likeness (QED) is 0.909. The second-order valence-electron chi connectivity index (χ2n) is 4.19. The molecule has 0 heterocycles. The van der Waals surface area contributed by atoms with Crippen LogP contribution in [-0.2, 0) is 6.54 Å². The third-order valence-electron chi connectivity index (χ3n) is 2.90. The summed E-state index contributed by atoms with van der Waals surface area (Å²) in [4.78, 5) is 0. The average molecular weight is 258 g/mol. The molecular formula is C15H12F2N2. The second-order valence-corrected chi connectivity index (χ2v) is 4.19. The first-order valence-electron chi connectivity index (χ1n) is 5.79. The van der Waals surface area contributed by atoms with E-state index in [1.54, 1.807) is 31.2 Å². The molecule has 0 unspecified atom stereocenters. The van der Waals surface area contributed by atoms with Crippen LogP contribution < -0.4 is 5.32 Å². The fourth-order valence-corrected chi connectivity index (χ4v) is 1.76. The zero-order valence-corrected chi connectivity index (χ0v) is 10.4. The Morgan fingerprint density at radius 2 is 1.89 bits per heavy atom. The highest BCUT2D eigenvalue weighted by atomic mass is 19.1. The average Bonchev–Trinajstić information content (AvgIpc) is 2.42. The lowest BCUT2D eigenvalue weighted by Gasteiger charge is -2.11. The molecule has 0 saturated heterocycles. The SMILES string of the molecule is Cc1c(F)cc(C#N)cc1NCc1ccccc1F. The van der Waals surface area contributed by atoms with E-state index < -0.39 is 5.82 Å². The molecule has 0 aliphatic carbocycles. The van der Waals surface area contributed by atoms with Gasteiger partial charge in [0.1, 0.15) is 11.6 Å². The van der Waals surface area contributed by atoms with Gasteiger partial charge in [0.25, 0.3) is 0 Å². The highest BCUT2D eigenvalue weighted by Gasteiger charge is 2.08. The maximum atomic E-state index is 13.6. The van der Waals surface area contributed by atoms with Crippen LogP contribution in [0.15, 0.2) is 36.4 Å². The molecule has 0 aliphatic heterocycles. The Morgan fingerprint density at radius 3 is 2.58 bits per heavy atom. The van der Waals surface area contributed by atoms with Gasteiger partial charge in [-0.3, -0.25) is 0 Å². The van der Waals surface area contributed by atoms with Crippen LogP contribution in [0.25, 0.3) is 0 Å². The number of benzene rings is 2. The van der Waals surface area contributed by atoms with Crippen molar-refractivity contribution in [1.29, 1.82) is 5.26 Å². The van der Waals surface area contributed by atoms with Gasteiger partial charge in [-0.2, -0.15) is 5.26 Å². The number of rotatable bonds is 3. The Hall–Kier alpha value is -2.41. The molecule has 2 rings (SSSR count). The molecule has 0 saturated carbocycles. The fraction of sp³-hybridized carbons (Fsp3) is 0.133. The standard InChI is InChI=1S/C15H12F2N2/c1-10-14(17)6-11(8-18)7-15(10)19-9-12-4-2-3-5-13(12)16/h2-7,19H,9H2,1H3. The van der Waals surface area contributed by atoms with E-state index in [1.807, 2.05) is 6.07 Å². The van der Waals surface area contributed by atoms with Crippen molar-refractivity contribution < 1.29 is 8.78 Å². The van der Waals surface area contributed by atoms with Crippen LogP contribution in [0.1, 0.15) is 16.7 Å². The maximum Gasteiger partial charge on any atom is 0.129 e. The van der Waals surface area contributed by atoms with Gasteiger partial charge in [-0.15, -0.1) is 0 Å². The molecule has 0 aliphatic rings. The first-order chi connectivity index (χ1) is 9.11. The molecule has 19 heavy (non-hydrogen) atoms. The highest BCUT2D eigenvalue weighted by Crippen LogP contribution is 2.21. The van der Waals surface area contributed by atoms with Crippen molar-refractivity contribution in [3.8, 4) is 6.07 Å². The van der Waals surface area contributed by atoms with E-state index in [0.29, 0.717) is 16.8 Å². The van der Waals surface area contributed by atoms with E-state index in [2.05, 4.69) is 5.32 Å². The molecule has 1 N–H and O–H groups in total. The Labute approximate surface area is 110 Å². The molecule has 0 amide bonds. The fourth-order valence-electron chi connectivity index (χ4n) is 1.76. The van der Waals surface area contributed by atoms with Crippen LogP contribution in [-0.4, -0.2) is 0 Å². The molecule has 2 aromatic rings. The van der Waals surface area contributed by atoms with E-state index in [1.165, 1.54) is 12.1 Å². The number of hydrogen-bond donors (Lipinski definition) is 1. The third kappa shape index (κ3) is 2.89. The topological polar surface area (TPSA) is 35.8 Å². The Bertz CT molecular complexity index is 645. The van der Waals surface area contributed by atoms with Crippen LogP contribution >= 0.6 is 0 Å². The van der Waals surface area contributed by atoms with Crippen molar-refractivity contribution in [2.45, 2.75) is 13.5 Å². The summed E-state index contributed by atoms with van der Waals surface area (Å²) in [6.07, 6.45) is 0. The summed E-state index contributed by atoms with van der Waals surface area (Å²) in [6, 6.07) is 11.0. The van der Waals surface area contributed by atoms with Crippen LogP contribution in [0.2, 0.25) is 0 Å². The van der Waals surface area contributed by atoms with Gasteiger partial charge in [0.15, 0.2) is 0 Å². The maximum absolute atomic E-state index is 13.6. The predicted octanol–water partition coefficient (Wildman–Crippen LogP) is 3.76. The summed E-state index contributed by atoms with van der Waals surface area (Å²) in [5.74, 6) is -0.764. The minimum atomic E-state index is -0.449. The number of anilines is 1. The van der Waals surface area contributed by atoms with E-state index in [4.69, 9.17) is 5.26 Å². The van der Waals surface area contributed by atoms with Gasteiger partial charge < -0.3 is 5.32 Å². The Balaban J connectivity index is 2.23. The Morgan fingerprint density at radius 1 is 1.16 bits per heavy atom. The lowest BCUT2D eigenvalue weighted by Crippen LogP contribution is -2.04. The lowest BCUT2D eigenvalue weighted by atomic mass is 10.1. The number of hydrogen-bond acceptors (Lipinski definition) is 2. The number of nitriles is 1. The smallest absolute Gasteiger partial charge is 0.129 e. The van der Waals surface area contributed by atoms with E-state index >= 15 is 0 Å². The molecular weight excluding hydrogens is 246 g/mol. The molecule has 96 valence electrons. The van der Waals surface area contributed by atoms with Crippen LogP contribution in [0, 0.1) is 29.9 Å². The number of halogens is 2. The van der Waals surface area contributed by atoms with E-state index in [9.17, 15) is 8.78 Å². The van der Waals surface area contributed by atoms with Gasteiger partial charge in [0.2, 0.25) is 0 Å². The van der Waals surface area contributed by atoms with Gasteiger partial charge in [-0.25, -0.2) is 8.78 Å². The first-order valence-corrected chi connectivity index (χ1v) is 5.79. The molecule has 0 spiro atoms. The summed E-state index contributed by atoms with van der Waals surface area (Å²) < 4.78 is 27.0. The number of nitrogens with zero attached hydrogens (tertiary/aromatic N) is 1. The van der Waals surface area contributed by atoms with Crippen LogP contribution in [0.5, 0.6) is 0 Å². The molecule has 0 atom stereocenters. The molecule has 0 radical (unpaired) electrons.